The number of ether oxygens (including phenoxy) is 1. The zero-order valence-corrected chi connectivity index (χ0v) is 33.2. The second-order valence-electron chi connectivity index (χ2n) is 15.3. The average molecular weight is 734 g/mol. The van der Waals surface area contributed by atoms with Gasteiger partial charge in [-0.15, -0.1) is 0 Å². The van der Waals surface area contributed by atoms with E-state index >= 15 is 0 Å². The molecule has 4 atom stereocenters. The molecule has 1 aromatic rings. The maximum atomic E-state index is 14.1. The molecule has 1 fully saturated rings. The Kier molecular flexibility index (Phi) is 11.3. The molecule has 2 aliphatic heterocycles. The summed E-state index contributed by atoms with van der Waals surface area (Å²) >= 11 is 1.03. The molecule has 3 rings (SSSR count). The van der Waals surface area contributed by atoms with Crippen molar-refractivity contribution in [3.05, 3.63) is 43.7 Å². The van der Waals surface area contributed by atoms with Gasteiger partial charge in [0.05, 0.1) is 17.7 Å². The smallest absolute Gasteiger partial charge is 0.340 e. The van der Waals surface area contributed by atoms with E-state index < -0.39 is 67.9 Å². The van der Waals surface area contributed by atoms with Crippen LogP contribution in [0.25, 0.3) is 0 Å². The Bertz CT molecular complexity index is 1650. The van der Waals surface area contributed by atoms with Gasteiger partial charge < -0.3 is 19.3 Å². The minimum atomic E-state index is -4.30. The van der Waals surface area contributed by atoms with E-state index in [1.807, 2.05) is 47.0 Å². The molecule has 0 aliphatic carbocycles. The molecule has 13 nitrogen and oxygen atoms in total. The van der Waals surface area contributed by atoms with Crippen LogP contribution in [0.1, 0.15) is 77.4 Å². The second-order valence-corrected chi connectivity index (χ2v) is 27.1. The van der Waals surface area contributed by atoms with Crippen molar-refractivity contribution in [3.8, 4) is 0 Å². The number of carbonyl (C=O) groups is 2. The number of carbonyl (C=O) groups excluding carboxylic acids is 2. The number of hydrogen-bond donors (Lipinski definition) is 1. The van der Waals surface area contributed by atoms with Crippen molar-refractivity contribution >= 4 is 49.5 Å². The van der Waals surface area contributed by atoms with Crippen molar-refractivity contribution in [2.75, 3.05) is 12.9 Å². The Labute approximate surface area is 283 Å². The molecule has 17 heteroatoms. The first-order valence-electron chi connectivity index (χ1n) is 15.6. The van der Waals surface area contributed by atoms with Crippen LogP contribution in [0, 0.1) is 6.92 Å². The molecule has 0 unspecified atom stereocenters. The predicted molar refractivity (Wildman–Crippen MR) is 187 cm³/mol. The Hall–Kier alpha value is -1.87. The Balaban J connectivity index is 2.26. The molecule has 1 aromatic heterocycles. The normalized spacial score (nSPS) is 24.9. The molecule has 1 saturated heterocycles. The van der Waals surface area contributed by atoms with Gasteiger partial charge in [-0.25, -0.2) is 8.98 Å². The van der Waals surface area contributed by atoms with E-state index in [9.17, 15) is 27.6 Å². The summed E-state index contributed by atoms with van der Waals surface area (Å²) in [4.78, 5) is 52.3. The third kappa shape index (κ3) is 7.81. The van der Waals surface area contributed by atoms with Crippen molar-refractivity contribution in [2.24, 2.45) is 5.73 Å². The first kappa shape index (κ1) is 39.6. The molecule has 266 valence electrons. The van der Waals surface area contributed by atoms with Crippen molar-refractivity contribution in [1.82, 2.24) is 9.13 Å². The number of thioether (sulfide) groups is 1. The quantitative estimate of drug-likeness (QED) is 0.268. The van der Waals surface area contributed by atoms with Gasteiger partial charge >= 0.3 is 5.69 Å². The van der Waals surface area contributed by atoms with Gasteiger partial charge in [0.2, 0.25) is 5.91 Å². The molecule has 1 spiro atoms. The largest absolute Gasteiger partial charge is 0.414 e. The highest BCUT2D eigenvalue weighted by Gasteiger charge is 2.67. The van der Waals surface area contributed by atoms with E-state index in [1.165, 1.54) is 13.1 Å². The number of hydrogen-bond acceptors (Lipinski definition) is 12. The minimum absolute atomic E-state index is 0.0614. The first-order chi connectivity index (χ1) is 21.2. The zero-order chi connectivity index (χ0) is 36.1. The third-order valence-corrected chi connectivity index (χ3v) is 20.5. The SMILES string of the molecule is CSC(=O)CCCC(=O)n1c(=O)c(C)cn([C@@H]2O[C@H](CO[Si](C)(C)C(C)(C)C)[C@@]3(OS(=O)(=O)C=C3N)[C@H]2O[Si](C)(C)C(C)(C)C)c1=O. The topological polar surface area (TPSA) is 175 Å². The Morgan fingerprint density at radius 1 is 1.04 bits per heavy atom. The van der Waals surface area contributed by atoms with Gasteiger partial charge in [-0.1, -0.05) is 53.3 Å². The maximum Gasteiger partial charge on any atom is 0.340 e. The van der Waals surface area contributed by atoms with E-state index in [2.05, 4.69) is 20.8 Å². The summed E-state index contributed by atoms with van der Waals surface area (Å²) in [5.74, 6) is -0.780. The summed E-state index contributed by atoms with van der Waals surface area (Å²) in [6.07, 6.45) is -0.897. The van der Waals surface area contributed by atoms with E-state index in [0.717, 1.165) is 21.7 Å². The van der Waals surface area contributed by atoms with Crippen LogP contribution in [0.5, 0.6) is 0 Å². The van der Waals surface area contributed by atoms with Crippen molar-refractivity contribution in [2.45, 2.75) is 128 Å². The van der Waals surface area contributed by atoms with Gasteiger partial charge in [-0.3, -0.25) is 19.0 Å². The van der Waals surface area contributed by atoms with E-state index in [1.54, 1.807) is 6.26 Å². The standard InChI is InChI=1S/C30H51N3O10S2Si2/c1-19-16-32(27(37)33(25(19)36)22(34)14-13-15-23(35)44-8)26-24(42-47(11,12)29(5,6)7)30(20(31)18-45(38,39)43-30)21(41-26)17-40-46(9,10)28(2,3)4/h16,18,21,24,26H,13-15,17,31H2,1-12H3/t21-,24+,26-,30-/m1/s1. The lowest BCUT2D eigenvalue weighted by molar-refractivity contribution is -0.111. The van der Waals surface area contributed by atoms with Gasteiger partial charge in [0.25, 0.3) is 15.7 Å². The molecule has 2 aliphatic rings. The summed E-state index contributed by atoms with van der Waals surface area (Å²) in [6.45, 7) is 21.5. The lowest BCUT2D eigenvalue weighted by Gasteiger charge is -2.43. The lowest BCUT2D eigenvalue weighted by atomic mass is 9.89. The number of aryl methyl sites for hydroxylation is 1. The molecular weight excluding hydrogens is 683 g/mol. The summed E-state index contributed by atoms with van der Waals surface area (Å²) in [7, 11) is -9.53. The summed E-state index contributed by atoms with van der Waals surface area (Å²) in [5.41, 5.74) is 2.70. The molecule has 0 radical (unpaired) electrons. The molecular formula is C30H51N3O10S2Si2. The zero-order valence-electron chi connectivity index (χ0n) is 29.6. The number of rotatable bonds is 10. The van der Waals surface area contributed by atoms with Crippen LogP contribution in [-0.2, 0) is 32.7 Å². The molecule has 0 bridgehead atoms. The van der Waals surface area contributed by atoms with Crippen LogP contribution in [-0.4, -0.2) is 75.9 Å². The van der Waals surface area contributed by atoms with Crippen LogP contribution in [0.15, 0.2) is 26.9 Å². The molecule has 47 heavy (non-hydrogen) atoms. The molecule has 0 aromatic carbocycles. The van der Waals surface area contributed by atoms with Crippen LogP contribution >= 0.6 is 11.8 Å². The minimum Gasteiger partial charge on any atom is -0.414 e. The summed E-state index contributed by atoms with van der Waals surface area (Å²) < 4.78 is 53.5. The first-order valence-corrected chi connectivity index (χ1v) is 24.1. The van der Waals surface area contributed by atoms with Crippen LogP contribution < -0.4 is 17.0 Å². The van der Waals surface area contributed by atoms with Crippen molar-refractivity contribution < 1.29 is 35.8 Å². The Morgan fingerprint density at radius 2 is 1.62 bits per heavy atom. The van der Waals surface area contributed by atoms with Gasteiger partial charge in [0.1, 0.15) is 12.2 Å². The number of nitrogens with zero attached hydrogens (tertiary/aromatic N) is 2. The van der Waals surface area contributed by atoms with E-state index in [0.29, 0.717) is 4.57 Å². The number of aromatic nitrogens is 2. The number of nitrogens with two attached hydrogens (primary N) is 1. The van der Waals surface area contributed by atoms with Gasteiger partial charge in [0.15, 0.2) is 33.6 Å². The van der Waals surface area contributed by atoms with Crippen LogP contribution in [0.3, 0.4) is 0 Å². The molecule has 3 heterocycles. The maximum absolute atomic E-state index is 14.1. The molecule has 2 N–H and O–H groups in total. The summed E-state index contributed by atoms with van der Waals surface area (Å²) in [6, 6.07) is 0. The monoisotopic (exact) mass is 733 g/mol. The van der Waals surface area contributed by atoms with Gasteiger partial charge in [-0.05, 0) is 55.9 Å². The van der Waals surface area contributed by atoms with E-state index in [4.69, 9.17) is 23.5 Å². The third-order valence-electron chi connectivity index (χ3n) is 9.88. The fourth-order valence-electron chi connectivity index (χ4n) is 4.91. The molecule has 0 saturated carbocycles. The van der Waals surface area contributed by atoms with E-state index in [-0.39, 0.29) is 52.3 Å². The summed E-state index contributed by atoms with van der Waals surface area (Å²) in [5, 5.41) is 0.122. The molecule has 0 amide bonds. The predicted octanol–water partition coefficient (Wildman–Crippen LogP) is 4.23. The van der Waals surface area contributed by atoms with Gasteiger partial charge in [-0.2, -0.15) is 13.0 Å². The second kappa shape index (κ2) is 13.5. The van der Waals surface area contributed by atoms with Gasteiger partial charge in [0, 0.05) is 24.6 Å². The van der Waals surface area contributed by atoms with Crippen molar-refractivity contribution in [3.63, 3.8) is 0 Å². The lowest BCUT2D eigenvalue weighted by Crippen LogP contribution is -2.59. The fourth-order valence-corrected chi connectivity index (χ4v) is 8.77. The van der Waals surface area contributed by atoms with Crippen LogP contribution in [0.4, 0.5) is 0 Å². The fraction of sp³-hybridized carbons (Fsp3) is 0.733. The average Bonchev–Trinajstić information content (AvgIpc) is 3.34. The Morgan fingerprint density at radius 3 is 2.11 bits per heavy atom. The highest BCUT2D eigenvalue weighted by Crippen LogP contribution is 2.52. The highest BCUT2D eigenvalue weighted by molar-refractivity contribution is 8.13. The van der Waals surface area contributed by atoms with Crippen molar-refractivity contribution in [1.29, 1.82) is 0 Å². The van der Waals surface area contributed by atoms with Crippen LogP contribution in [0.2, 0.25) is 36.3 Å². The highest BCUT2D eigenvalue weighted by atomic mass is 32.2.